The molecule has 25 heavy (non-hydrogen) atoms. The molecule has 1 saturated heterocycles. The molecule has 0 radical (unpaired) electrons. The van der Waals surface area contributed by atoms with Crippen LogP contribution in [0.2, 0.25) is 0 Å². The largest absolute Gasteiger partial charge is 0.485 e. The molecule has 10 nitrogen and oxygen atoms in total. The first-order valence-electron chi connectivity index (χ1n) is 7.44. The van der Waals surface area contributed by atoms with E-state index in [2.05, 4.69) is 5.43 Å². The summed E-state index contributed by atoms with van der Waals surface area (Å²) in [7, 11) is 1.61. The van der Waals surface area contributed by atoms with Crippen LogP contribution in [-0.2, 0) is 0 Å². The van der Waals surface area contributed by atoms with Gasteiger partial charge in [-0.1, -0.05) is 10.6 Å². The Morgan fingerprint density at radius 1 is 1.52 bits per heavy atom. The van der Waals surface area contributed by atoms with E-state index in [1.54, 1.807) is 32.3 Å². The third-order valence-corrected chi connectivity index (χ3v) is 4.80. The number of carbonyl (C=O) groups excluding carboxylic acids is 1. The maximum absolute atomic E-state index is 12.1. The highest BCUT2D eigenvalue weighted by Crippen LogP contribution is 2.33. The summed E-state index contributed by atoms with van der Waals surface area (Å²) in [6, 6.07) is 5.61. The lowest BCUT2D eigenvalue weighted by atomic mass is 10.3. The molecule has 2 aliphatic heterocycles. The zero-order valence-corrected chi connectivity index (χ0v) is 14.3. The number of aliphatic hydroxyl groups is 1. The number of benzene rings is 1. The molecule has 1 fully saturated rings. The van der Waals surface area contributed by atoms with Gasteiger partial charge in [0.15, 0.2) is 6.23 Å². The Kier molecular flexibility index (Phi) is 4.70. The van der Waals surface area contributed by atoms with Crippen LogP contribution < -0.4 is 10.2 Å². The first-order valence-corrected chi connectivity index (χ1v) is 8.22. The van der Waals surface area contributed by atoms with Gasteiger partial charge in [-0.3, -0.25) is 15.5 Å². The molecule has 2 amide bonds. The number of nitro groups is 1. The van der Waals surface area contributed by atoms with E-state index in [1.807, 2.05) is 0 Å². The van der Waals surface area contributed by atoms with Crippen LogP contribution in [0, 0.1) is 10.1 Å². The lowest BCUT2D eigenvalue weighted by Crippen LogP contribution is -2.48. The molecule has 134 valence electrons. The van der Waals surface area contributed by atoms with Crippen molar-refractivity contribution >= 4 is 23.7 Å². The van der Waals surface area contributed by atoms with Gasteiger partial charge in [-0.05, 0) is 13.0 Å². The van der Waals surface area contributed by atoms with E-state index >= 15 is 0 Å². The van der Waals surface area contributed by atoms with Gasteiger partial charge in [0, 0.05) is 31.3 Å². The second-order valence-electron chi connectivity index (χ2n) is 5.54. The first kappa shape index (κ1) is 17.3. The highest BCUT2D eigenvalue weighted by atomic mass is 32.2. The summed E-state index contributed by atoms with van der Waals surface area (Å²) >= 11 is 1.20. The number of nitro benzene ring substituents is 1. The lowest BCUT2D eigenvalue weighted by Gasteiger charge is -2.28. The van der Waals surface area contributed by atoms with Gasteiger partial charge in [-0.25, -0.2) is 4.79 Å². The van der Waals surface area contributed by atoms with Crippen molar-refractivity contribution in [2.45, 2.75) is 19.3 Å². The van der Waals surface area contributed by atoms with E-state index in [-0.39, 0.29) is 18.3 Å². The molecule has 0 saturated carbocycles. The van der Waals surface area contributed by atoms with Crippen LogP contribution in [0.15, 0.2) is 35.4 Å². The van der Waals surface area contributed by atoms with E-state index in [1.165, 1.54) is 38.5 Å². The second-order valence-corrected chi connectivity index (χ2v) is 6.54. The van der Waals surface area contributed by atoms with Crippen molar-refractivity contribution in [1.29, 1.82) is 0 Å². The Morgan fingerprint density at radius 3 is 2.92 bits per heavy atom. The average Bonchev–Trinajstić information content (AvgIpc) is 3.13. The topological polar surface area (TPSA) is 111 Å². The van der Waals surface area contributed by atoms with Crippen LogP contribution in [0.1, 0.15) is 6.92 Å². The molecule has 0 aromatic heterocycles. The Bertz CT molecular complexity index is 729. The summed E-state index contributed by atoms with van der Waals surface area (Å²) < 4.78 is 7.17. The average molecular weight is 367 g/mol. The van der Waals surface area contributed by atoms with Crippen LogP contribution in [0.25, 0.3) is 0 Å². The number of rotatable bonds is 5. The summed E-state index contributed by atoms with van der Waals surface area (Å²) in [6.07, 6.45) is 0.306. The van der Waals surface area contributed by atoms with Gasteiger partial charge in [0.25, 0.3) is 5.69 Å². The number of hydrogen-bond acceptors (Lipinski definition) is 8. The van der Waals surface area contributed by atoms with Crippen molar-refractivity contribution in [1.82, 2.24) is 19.9 Å². The number of nitrogens with one attached hydrogen (secondary N) is 1. The van der Waals surface area contributed by atoms with Crippen molar-refractivity contribution in [3.8, 4) is 5.75 Å². The zero-order valence-electron chi connectivity index (χ0n) is 13.5. The number of β-amino-alcohol motifs (C(OH)–C–C–N with tert-alkyl or cyclic N) is 1. The molecule has 1 aromatic carbocycles. The van der Waals surface area contributed by atoms with Gasteiger partial charge in [-0.15, -0.1) is 0 Å². The number of hydrogen-bond donors (Lipinski definition) is 2. The summed E-state index contributed by atoms with van der Waals surface area (Å²) in [5.41, 5.74) is 2.84. The van der Waals surface area contributed by atoms with E-state index < -0.39 is 17.3 Å². The van der Waals surface area contributed by atoms with Crippen LogP contribution >= 0.6 is 11.9 Å². The summed E-state index contributed by atoms with van der Waals surface area (Å²) in [5.74, 6) is 0.374. The minimum absolute atomic E-state index is 0.0497. The van der Waals surface area contributed by atoms with Gasteiger partial charge >= 0.3 is 6.03 Å². The molecule has 2 heterocycles. The third kappa shape index (κ3) is 3.48. The van der Waals surface area contributed by atoms with Gasteiger partial charge in [0.2, 0.25) is 0 Å². The molecule has 2 atom stereocenters. The van der Waals surface area contributed by atoms with Crippen LogP contribution in [-0.4, -0.2) is 56.4 Å². The summed E-state index contributed by atoms with van der Waals surface area (Å²) in [6.45, 7) is 2.00. The standard InChI is InChI=1S/C14H17N5O5S/c1-9(24-11-5-3-4-10(6-11)18(22)23)12-7-15-19(25-12)17-13(20)8-16(2)14(17)21/h3-7,9,13,15,20H,8H2,1-2H3. The minimum atomic E-state index is -0.946. The molecule has 1 aromatic rings. The van der Waals surface area contributed by atoms with Gasteiger partial charge in [0.05, 0.1) is 22.4 Å². The normalized spacial score (nSPS) is 22.0. The maximum Gasteiger partial charge on any atom is 0.339 e. The van der Waals surface area contributed by atoms with Crippen molar-refractivity contribution < 1.29 is 19.6 Å². The van der Waals surface area contributed by atoms with Crippen molar-refractivity contribution in [2.75, 3.05) is 13.6 Å². The molecular weight excluding hydrogens is 350 g/mol. The van der Waals surface area contributed by atoms with Gasteiger partial charge < -0.3 is 14.7 Å². The summed E-state index contributed by atoms with van der Waals surface area (Å²) in [5, 5.41) is 22.0. The number of aliphatic hydroxyl groups excluding tert-OH is 1. The SMILES string of the molecule is CC(Oc1cccc([N+](=O)[O-])c1)C1=CNN(N2C(=O)N(C)CC2O)S1. The highest BCUT2D eigenvalue weighted by Gasteiger charge is 2.40. The fourth-order valence-corrected chi connectivity index (χ4v) is 3.28. The Hall–Kier alpha value is -2.50. The number of nitrogens with zero attached hydrogens (tertiary/aromatic N) is 4. The Morgan fingerprint density at radius 2 is 2.28 bits per heavy atom. The van der Waals surface area contributed by atoms with Crippen molar-refractivity contribution in [2.24, 2.45) is 0 Å². The Labute approximate surface area is 147 Å². The number of likely N-dealkylation sites (N-methyl/N-ethyl adjacent to an activating group) is 1. The zero-order chi connectivity index (χ0) is 18.1. The third-order valence-electron chi connectivity index (χ3n) is 3.69. The summed E-state index contributed by atoms with van der Waals surface area (Å²) in [4.78, 5) is 24.6. The molecule has 2 N–H and O–H groups in total. The van der Waals surface area contributed by atoms with E-state index in [9.17, 15) is 20.0 Å². The number of ether oxygens (including phenoxy) is 1. The molecule has 11 heteroatoms. The fourth-order valence-electron chi connectivity index (χ4n) is 2.40. The predicted octanol–water partition coefficient (Wildman–Crippen LogP) is 1.27. The van der Waals surface area contributed by atoms with E-state index in [4.69, 9.17) is 4.74 Å². The molecular formula is C14H17N5O5S. The number of carbonyl (C=O) groups is 1. The van der Waals surface area contributed by atoms with E-state index in [0.717, 1.165) is 4.91 Å². The molecule has 2 unspecified atom stereocenters. The fraction of sp³-hybridized carbons (Fsp3) is 0.357. The smallest absolute Gasteiger partial charge is 0.339 e. The molecule has 0 bridgehead atoms. The quantitative estimate of drug-likeness (QED) is 0.455. The number of hydrazine groups is 2. The van der Waals surface area contributed by atoms with Gasteiger partial charge in [-0.2, -0.15) is 5.01 Å². The number of urea groups is 1. The Balaban J connectivity index is 1.63. The van der Waals surface area contributed by atoms with E-state index in [0.29, 0.717) is 5.75 Å². The molecule has 0 aliphatic carbocycles. The maximum atomic E-state index is 12.1. The predicted molar refractivity (Wildman–Crippen MR) is 89.7 cm³/mol. The first-order chi connectivity index (χ1) is 11.9. The lowest BCUT2D eigenvalue weighted by molar-refractivity contribution is -0.384. The highest BCUT2D eigenvalue weighted by molar-refractivity contribution is 8.01. The van der Waals surface area contributed by atoms with Gasteiger partial charge in [0.1, 0.15) is 11.9 Å². The minimum Gasteiger partial charge on any atom is -0.485 e. The molecule has 3 rings (SSSR count). The van der Waals surface area contributed by atoms with Crippen LogP contribution in [0.4, 0.5) is 10.5 Å². The molecule has 2 aliphatic rings. The van der Waals surface area contributed by atoms with Crippen LogP contribution in [0.3, 0.4) is 0 Å². The van der Waals surface area contributed by atoms with Crippen molar-refractivity contribution in [3.05, 3.63) is 45.5 Å². The monoisotopic (exact) mass is 367 g/mol. The van der Waals surface area contributed by atoms with Crippen molar-refractivity contribution in [3.63, 3.8) is 0 Å². The number of non-ortho nitro benzene ring substituents is 1. The second kappa shape index (κ2) is 6.78. The number of amides is 2. The van der Waals surface area contributed by atoms with Crippen LogP contribution in [0.5, 0.6) is 5.75 Å². The molecule has 0 spiro atoms.